The first-order valence-electron chi connectivity index (χ1n) is 9.06. The van der Waals surface area contributed by atoms with Crippen molar-refractivity contribution < 1.29 is 18.7 Å². The third kappa shape index (κ3) is 5.93. The van der Waals surface area contributed by atoms with Gasteiger partial charge in [-0.15, -0.1) is 0 Å². The van der Waals surface area contributed by atoms with Crippen LogP contribution in [0.5, 0.6) is 0 Å². The van der Waals surface area contributed by atoms with Crippen LogP contribution in [-0.2, 0) is 9.53 Å². The van der Waals surface area contributed by atoms with Crippen LogP contribution < -0.4 is 5.32 Å². The SMILES string of the molecule is CC(C)OC(=O)c1ccc(NC(=O)/C=C/c2ccc(-c3ccc(Br)cc3)o2)cc1. The summed E-state index contributed by atoms with van der Waals surface area (Å²) in [6, 6.07) is 18.0. The first-order valence-corrected chi connectivity index (χ1v) is 9.86. The highest BCUT2D eigenvalue weighted by molar-refractivity contribution is 9.10. The van der Waals surface area contributed by atoms with Gasteiger partial charge in [0.05, 0.1) is 11.7 Å². The predicted octanol–water partition coefficient (Wildman–Crippen LogP) is 5.93. The minimum atomic E-state index is -0.392. The van der Waals surface area contributed by atoms with Crippen LogP contribution in [0.3, 0.4) is 0 Å². The van der Waals surface area contributed by atoms with Gasteiger partial charge in [0, 0.05) is 21.8 Å². The van der Waals surface area contributed by atoms with E-state index in [9.17, 15) is 9.59 Å². The van der Waals surface area contributed by atoms with Crippen LogP contribution in [0.25, 0.3) is 17.4 Å². The molecule has 148 valence electrons. The van der Waals surface area contributed by atoms with Crippen molar-refractivity contribution in [2.75, 3.05) is 5.32 Å². The highest BCUT2D eigenvalue weighted by Crippen LogP contribution is 2.24. The number of esters is 1. The largest absolute Gasteiger partial charge is 0.459 e. The van der Waals surface area contributed by atoms with Gasteiger partial charge < -0.3 is 14.5 Å². The van der Waals surface area contributed by atoms with Crippen LogP contribution >= 0.6 is 15.9 Å². The van der Waals surface area contributed by atoms with Crippen molar-refractivity contribution in [3.63, 3.8) is 0 Å². The molecule has 0 aliphatic carbocycles. The second-order valence-electron chi connectivity index (χ2n) is 6.56. The van der Waals surface area contributed by atoms with Gasteiger partial charge in [-0.2, -0.15) is 0 Å². The molecule has 5 nitrogen and oxygen atoms in total. The Balaban J connectivity index is 1.58. The van der Waals surface area contributed by atoms with E-state index in [-0.39, 0.29) is 12.0 Å². The van der Waals surface area contributed by atoms with Gasteiger partial charge in [-0.25, -0.2) is 4.79 Å². The number of carbonyl (C=O) groups excluding carboxylic acids is 2. The Morgan fingerprint density at radius 1 is 1.00 bits per heavy atom. The van der Waals surface area contributed by atoms with Crippen molar-refractivity contribution in [3.05, 3.63) is 82.5 Å². The zero-order chi connectivity index (χ0) is 20.8. The molecule has 1 heterocycles. The summed E-state index contributed by atoms with van der Waals surface area (Å²) in [4.78, 5) is 24.0. The molecule has 0 bridgehead atoms. The molecule has 1 N–H and O–H groups in total. The lowest BCUT2D eigenvalue weighted by atomic mass is 10.2. The van der Waals surface area contributed by atoms with E-state index in [1.54, 1.807) is 50.3 Å². The molecule has 3 rings (SSSR count). The Bertz CT molecular complexity index is 1020. The molecule has 1 amide bonds. The maximum absolute atomic E-state index is 12.1. The number of carbonyl (C=O) groups is 2. The maximum atomic E-state index is 12.1. The van der Waals surface area contributed by atoms with Crippen molar-refractivity contribution in [1.29, 1.82) is 0 Å². The maximum Gasteiger partial charge on any atom is 0.338 e. The standard InChI is InChI=1S/C23H20BrNO4/c1-15(2)28-23(27)17-5-9-19(10-6-17)25-22(26)14-12-20-11-13-21(29-20)16-3-7-18(24)8-4-16/h3-15H,1-2H3,(H,25,26)/b14-12+. The first-order chi connectivity index (χ1) is 13.9. The van der Waals surface area contributed by atoms with Crippen LogP contribution in [-0.4, -0.2) is 18.0 Å². The van der Waals surface area contributed by atoms with E-state index in [4.69, 9.17) is 9.15 Å². The molecular weight excluding hydrogens is 434 g/mol. The fourth-order valence-electron chi connectivity index (χ4n) is 2.53. The van der Waals surface area contributed by atoms with Crippen LogP contribution in [0, 0.1) is 0 Å². The minimum Gasteiger partial charge on any atom is -0.459 e. The third-order valence-electron chi connectivity index (χ3n) is 3.89. The highest BCUT2D eigenvalue weighted by atomic mass is 79.9. The number of anilines is 1. The van der Waals surface area contributed by atoms with Gasteiger partial charge in [0.1, 0.15) is 11.5 Å². The van der Waals surface area contributed by atoms with E-state index in [0.29, 0.717) is 17.0 Å². The Hall–Kier alpha value is -3.12. The van der Waals surface area contributed by atoms with E-state index < -0.39 is 5.97 Å². The van der Waals surface area contributed by atoms with E-state index in [0.717, 1.165) is 15.8 Å². The number of amides is 1. The molecule has 0 fully saturated rings. The van der Waals surface area contributed by atoms with Gasteiger partial charge in [-0.1, -0.05) is 28.1 Å². The van der Waals surface area contributed by atoms with Crippen molar-refractivity contribution in [2.45, 2.75) is 20.0 Å². The van der Waals surface area contributed by atoms with Crippen LogP contribution in [0.15, 0.2) is 75.6 Å². The smallest absolute Gasteiger partial charge is 0.338 e. The first kappa shape index (κ1) is 20.6. The summed E-state index contributed by atoms with van der Waals surface area (Å²) < 4.78 is 11.9. The van der Waals surface area contributed by atoms with Gasteiger partial charge >= 0.3 is 5.97 Å². The van der Waals surface area contributed by atoms with Crippen molar-refractivity contribution >= 4 is 39.6 Å². The van der Waals surface area contributed by atoms with Gasteiger partial charge in [-0.05, 0) is 68.5 Å². The zero-order valence-electron chi connectivity index (χ0n) is 16.0. The summed E-state index contributed by atoms with van der Waals surface area (Å²) in [7, 11) is 0. The van der Waals surface area contributed by atoms with Gasteiger partial charge in [0.15, 0.2) is 0 Å². The summed E-state index contributed by atoms with van der Waals surface area (Å²) in [6.07, 6.45) is 2.81. The molecule has 6 heteroatoms. The molecule has 0 radical (unpaired) electrons. The monoisotopic (exact) mass is 453 g/mol. The van der Waals surface area contributed by atoms with Gasteiger partial charge in [-0.3, -0.25) is 4.79 Å². The number of ether oxygens (including phenoxy) is 1. The second kappa shape index (κ2) is 9.39. The molecule has 3 aromatic rings. The molecule has 0 saturated carbocycles. The predicted molar refractivity (Wildman–Crippen MR) is 117 cm³/mol. The lowest BCUT2D eigenvalue weighted by Crippen LogP contribution is -2.12. The number of hydrogen-bond acceptors (Lipinski definition) is 4. The van der Waals surface area contributed by atoms with Crippen LogP contribution in [0.1, 0.15) is 30.0 Å². The van der Waals surface area contributed by atoms with E-state index in [2.05, 4.69) is 21.2 Å². The molecule has 1 aromatic heterocycles. The zero-order valence-corrected chi connectivity index (χ0v) is 17.6. The average molecular weight is 454 g/mol. The number of furan rings is 1. The number of nitrogens with one attached hydrogen (secondary N) is 1. The molecule has 0 atom stereocenters. The molecular formula is C23H20BrNO4. The molecule has 0 aliphatic heterocycles. The topological polar surface area (TPSA) is 68.5 Å². The Morgan fingerprint density at radius 2 is 1.69 bits per heavy atom. The number of benzene rings is 2. The summed E-state index contributed by atoms with van der Waals surface area (Å²) in [6.45, 7) is 3.58. The molecule has 0 unspecified atom stereocenters. The highest BCUT2D eigenvalue weighted by Gasteiger charge is 2.09. The van der Waals surface area contributed by atoms with Crippen molar-refractivity contribution in [1.82, 2.24) is 0 Å². The minimum absolute atomic E-state index is 0.183. The summed E-state index contributed by atoms with van der Waals surface area (Å²) in [5.41, 5.74) is 1.97. The quantitative estimate of drug-likeness (QED) is 0.371. The lowest BCUT2D eigenvalue weighted by Gasteiger charge is -2.08. The van der Waals surface area contributed by atoms with E-state index in [1.165, 1.54) is 6.08 Å². The summed E-state index contributed by atoms with van der Waals surface area (Å²) in [5, 5.41) is 2.74. The van der Waals surface area contributed by atoms with Crippen LogP contribution in [0.2, 0.25) is 0 Å². The summed E-state index contributed by atoms with van der Waals surface area (Å²) in [5.74, 6) is 0.604. The van der Waals surface area contributed by atoms with Crippen molar-refractivity contribution in [3.8, 4) is 11.3 Å². The van der Waals surface area contributed by atoms with Crippen LogP contribution in [0.4, 0.5) is 5.69 Å². The molecule has 2 aromatic carbocycles. The van der Waals surface area contributed by atoms with E-state index in [1.807, 2.05) is 30.3 Å². The fraction of sp³-hybridized carbons (Fsp3) is 0.130. The summed E-state index contributed by atoms with van der Waals surface area (Å²) >= 11 is 3.40. The Kier molecular flexibility index (Phi) is 6.67. The normalized spacial score (nSPS) is 11.0. The molecule has 29 heavy (non-hydrogen) atoms. The fourth-order valence-corrected chi connectivity index (χ4v) is 2.79. The number of halogens is 1. The van der Waals surface area contributed by atoms with Crippen molar-refractivity contribution in [2.24, 2.45) is 0 Å². The Labute approximate surface area is 177 Å². The number of rotatable bonds is 6. The average Bonchev–Trinajstić information content (AvgIpc) is 3.16. The second-order valence-corrected chi connectivity index (χ2v) is 7.48. The molecule has 0 spiro atoms. The molecule has 0 aliphatic rings. The van der Waals surface area contributed by atoms with E-state index >= 15 is 0 Å². The Morgan fingerprint density at radius 3 is 2.34 bits per heavy atom. The lowest BCUT2D eigenvalue weighted by molar-refractivity contribution is -0.111. The molecule has 0 saturated heterocycles. The number of hydrogen-bond donors (Lipinski definition) is 1. The van der Waals surface area contributed by atoms with Gasteiger partial charge in [0.25, 0.3) is 0 Å². The van der Waals surface area contributed by atoms with Gasteiger partial charge in [0.2, 0.25) is 5.91 Å². The third-order valence-corrected chi connectivity index (χ3v) is 4.41.